The molecule has 0 aliphatic rings. The molecule has 1 heterocycles. The maximum absolute atomic E-state index is 4.00. The summed E-state index contributed by atoms with van der Waals surface area (Å²) in [5, 5.41) is 13.7. The fourth-order valence-electron chi connectivity index (χ4n) is 1.23. The van der Waals surface area contributed by atoms with E-state index in [9.17, 15) is 0 Å². The van der Waals surface area contributed by atoms with Crippen molar-refractivity contribution in [2.45, 2.75) is 19.9 Å². The van der Waals surface area contributed by atoms with Gasteiger partial charge in [0.2, 0.25) is 0 Å². The molecular weight excluding hydrogens is 178 g/mol. The lowest BCUT2D eigenvalue weighted by Gasteiger charge is -2.14. The van der Waals surface area contributed by atoms with Gasteiger partial charge in [0.15, 0.2) is 0 Å². The van der Waals surface area contributed by atoms with Gasteiger partial charge in [-0.3, -0.25) is 4.90 Å². The van der Waals surface area contributed by atoms with Gasteiger partial charge in [0.05, 0.1) is 11.9 Å². The number of hydrogen-bond donors (Lipinski definition) is 2. The van der Waals surface area contributed by atoms with E-state index in [0.29, 0.717) is 0 Å². The molecule has 0 aliphatic carbocycles. The fourth-order valence-corrected chi connectivity index (χ4v) is 1.23. The van der Waals surface area contributed by atoms with Gasteiger partial charge in [-0.2, -0.15) is 15.4 Å². The number of likely N-dealkylation sites (N-methyl/N-ethyl adjacent to an activating group) is 1. The average molecular weight is 197 g/mol. The molecule has 14 heavy (non-hydrogen) atoms. The van der Waals surface area contributed by atoms with E-state index in [-0.39, 0.29) is 0 Å². The van der Waals surface area contributed by atoms with Gasteiger partial charge in [0.25, 0.3) is 0 Å². The van der Waals surface area contributed by atoms with Crippen molar-refractivity contribution in [2.75, 3.05) is 26.7 Å². The van der Waals surface area contributed by atoms with Gasteiger partial charge >= 0.3 is 0 Å². The summed E-state index contributed by atoms with van der Waals surface area (Å²) in [6, 6.07) is 0. The standard InChI is InChI=1S/C9H19N5/c1-3-4-10-5-6-14(2)8-9-7-11-13-12-9/h7,10H,3-6,8H2,1-2H3,(H,11,12,13). The highest BCUT2D eigenvalue weighted by molar-refractivity contribution is 4.89. The summed E-state index contributed by atoms with van der Waals surface area (Å²) in [4.78, 5) is 2.22. The smallest absolute Gasteiger partial charge is 0.0964 e. The summed E-state index contributed by atoms with van der Waals surface area (Å²) in [7, 11) is 2.09. The largest absolute Gasteiger partial charge is 0.315 e. The molecule has 0 saturated heterocycles. The Balaban J connectivity index is 2.07. The molecule has 0 radical (unpaired) electrons. The Morgan fingerprint density at radius 1 is 1.50 bits per heavy atom. The van der Waals surface area contributed by atoms with Crippen molar-refractivity contribution in [3.8, 4) is 0 Å². The molecule has 5 heteroatoms. The second-order valence-electron chi connectivity index (χ2n) is 3.45. The van der Waals surface area contributed by atoms with Crippen LogP contribution in [0.25, 0.3) is 0 Å². The lowest BCUT2D eigenvalue weighted by Crippen LogP contribution is -2.29. The molecule has 1 aromatic heterocycles. The average Bonchev–Trinajstić information content (AvgIpc) is 2.65. The number of aromatic nitrogens is 3. The molecular formula is C9H19N5. The predicted molar refractivity (Wildman–Crippen MR) is 55.9 cm³/mol. The van der Waals surface area contributed by atoms with Crippen LogP contribution >= 0.6 is 0 Å². The van der Waals surface area contributed by atoms with Crippen molar-refractivity contribution in [1.82, 2.24) is 25.6 Å². The molecule has 0 amide bonds. The first kappa shape index (κ1) is 11.1. The summed E-state index contributed by atoms with van der Waals surface area (Å²) in [5.41, 5.74) is 0.989. The minimum Gasteiger partial charge on any atom is -0.315 e. The SMILES string of the molecule is CCCNCCN(C)Cc1cn[nH]n1. The minimum atomic E-state index is 0.851. The first-order valence-electron chi connectivity index (χ1n) is 5.07. The number of nitrogens with one attached hydrogen (secondary N) is 2. The van der Waals surface area contributed by atoms with Crippen LogP contribution in [0.4, 0.5) is 0 Å². The molecule has 1 aromatic rings. The van der Waals surface area contributed by atoms with Crippen LogP contribution in [-0.2, 0) is 6.54 Å². The molecule has 0 spiro atoms. The lowest BCUT2D eigenvalue weighted by atomic mass is 10.4. The quantitative estimate of drug-likeness (QED) is 0.615. The van der Waals surface area contributed by atoms with E-state index in [0.717, 1.165) is 31.9 Å². The topological polar surface area (TPSA) is 56.8 Å². The van der Waals surface area contributed by atoms with Crippen molar-refractivity contribution >= 4 is 0 Å². The number of nitrogens with zero attached hydrogens (tertiary/aromatic N) is 3. The number of aromatic amines is 1. The Morgan fingerprint density at radius 2 is 2.36 bits per heavy atom. The highest BCUT2D eigenvalue weighted by Gasteiger charge is 2.01. The van der Waals surface area contributed by atoms with Gasteiger partial charge in [-0.25, -0.2) is 0 Å². The maximum atomic E-state index is 4.00. The predicted octanol–water partition coefficient (Wildman–Crippen LogP) is 0.236. The summed E-state index contributed by atoms with van der Waals surface area (Å²) >= 11 is 0. The molecule has 0 unspecified atom stereocenters. The van der Waals surface area contributed by atoms with Crippen LogP contribution in [0.15, 0.2) is 6.20 Å². The van der Waals surface area contributed by atoms with Gasteiger partial charge in [-0.15, -0.1) is 0 Å². The zero-order valence-corrected chi connectivity index (χ0v) is 8.95. The van der Waals surface area contributed by atoms with Crippen LogP contribution in [0.3, 0.4) is 0 Å². The molecule has 0 fully saturated rings. The molecule has 0 bridgehead atoms. The van der Waals surface area contributed by atoms with Crippen LogP contribution < -0.4 is 5.32 Å². The van der Waals surface area contributed by atoms with Gasteiger partial charge in [0.1, 0.15) is 0 Å². The second-order valence-corrected chi connectivity index (χ2v) is 3.45. The van der Waals surface area contributed by atoms with E-state index in [1.165, 1.54) is 6.42 Å². The van der Waals surface area contributed by atoms with E-state index in [1.807, 2.05) is 0 Å². The third kappa shape index (κ3) is 4.34. The third-order valence-corrected chi connectivity index (χ3v) is 1.99. The molecule has 0 aromatic carbocycles. The fraction of sp³-hybridized carbons (Fsp3) is 0.778. The van der Waals surface area contributed by atoms with Gasteiger partial charge < -0.3 is 5.32 Å². The second kappa shape index (κ2) is 6.50. The molecule has 1 rings (SSSR count). The molecule has 5 nitrogen and oxygen atoms in total. The highest BCUT2D eigenvalue weighted by Crippen LogP contribution is 1.94. The lowest BCUT2D eigenvalue weighted by molar-refractivity contribution is 0.320. The number of hydrogen-bond acceptors (Lipinski definition) is 4. The maximum Gasteiger partial charge on any atom is 0.0964 e. The Morgan fingerprint density at radius 3 is 3.00 bits per heavy atom. The highest BCUT2D eigenvalue weighted by atomic mass is 15.3. The Labute approximate surface area is 84.9 Å². The van der Waals surface area contributed by atoms with E-state index in [4.69, 9.17) is 0 Å². The molecule has 0 aliphatic heterocycles. The first-order chi connectivity index (χ1) is 6.83. The van der Waals surface area contributed by atoms with Crippen molar-refractivity contribution in [3.05, 3.63) is 11.9 Å². The van der Waals surface area contributed by atoms with E-state index in [2.05, 4.69) is 39.6 Å². The minimum absolute atomic E-state index is 0.851. The monoisotopic (exact) mass is 197 g/mol. The van der Waals surface area contributed by atoms with Crippen molar-refractivity contribution in [1.29, 1.82) is 0 Å². The van der Waals surface area contributed by atoms with Crippen molar-refractivity contribution < 1.29 is 0 Å². The van der Waals surface area contributed by atoms with Crippen LogP contribution in [0.5, 0.6) is 0 Å². The van der Waals surface area contributed by atoms with Gasteiger partial charge in [0, 0.05) is 19.6 Å². The van der Waals surface area contributed by atoms with Crippen molar-refractivity contribution in [3.63, 3.8) is 0 Å². The van der Waals surface area contributed by atoms with Crippen LogP contribution in [0.2, 0.25) is 0 Å². The zero-order valence-electron chi connectivity index (χ0n) is 8.95. The Kier molecular flexibility index (Phi) is 5.17. The van der Waals surface area contributed by atoms with E-state index < -0.39 is 0 Å². The van der Waals surface area contributed by atoms with Crippen LogP contribution in [0, 0.1) is 0 Å². The van der Waals surface area contributed by atoms with E-state index >= 15 is 0 Å². The van der Waals surface area contributed by atoms with Crippen LogP contribution in [-0.4, -0.2) is 47.0 Å². The van der Waals surface area contributed by atoms with Gasteiger partial charge in [-0.05, 0) is 20.0 Å². The molecule has 2 N–H and O–H groups in total. The number of H-pyrrole nitrogens is 1. The number of rotatable bonds is 7. The molecule has 80 valence electrons. The zero-order chi connectivity index (χ0) is 10.2. The van der Waals surface area contributed by atoms with Crippen molar-refractivity contribution in [2.24, 2.45) is 0 Å². The summed E-state index contributed by atoms with van der Waals surface area (Å²) in [6.45, 7) is 6.18. The first-order valence-corrected chi connectivity index (χ1v) is 5.07. The Hall–Kier alpha value is -0.940. The summed E-state index contributed by atoms with van der Waals surface area (Å²) in [6.07, 6.45) is 2.95. The molecule has 0 atom stereocenters. The normalized spacial score (nSPS) is 11.1. The van der Waals surface area contributed by atoms with E-state index in [1.54, 1.807) is 6.20 Å². The molecule has 0 saturated carbocycles. The van der Waals surface area contributed by atoms with Crippen LogP contribution in [0.1, 0.15) is 19.0 Å². The third-order valence-electron chi connectivity index (χ3n) is 1.99. The Bertz CT molecular complexity index is 221. The summed E-state index contributed by atoms with van der Waals surface area (Å²) in [5.74, 6) is 0. The summed E-state index contributed by atoms with van der Waals surface area (Å²) < 4.78 is 0. The van der Waals surface area contributed by atoms with Gasteiger partial charge in [-0.1, -0.05) is 6.92 Å².